The van der Waals surface area contributed by atoms with Crippen LogP contribution in [0.2, 0.25) is 0 Å². The summed E-state index contributed by atoms with van der Waals surface area (Å²) in [5.74, 6) is 0.223. The van der Waals surface area contributed by atoms with Crippen molar-refractivity contribution < 1.29 is 9.84 Å². The van der Waals surface area contributed by atoms with Gasteiger partial charge in [-0.1, -0.05) is 0 Å². The van der Waals surface area contributed by atoms with E-state index >= 15 is 0 Å². The Bertz CT molecular complexity index is 119. The molecule has 1 aliphatic rings. The molecule has 1 aliphatic heterocycles. The number of ether oxygens (including phenoxy) is 1. The first-order valence-electron chi connectivity index (χ1n) is 4.17. The van der Waals surface area contributed by atoms with Gasteiger partial charge in [-0.2, -0.15) is 0 Å². The standard InChI is InChI=1S/C8H17NO2/c1-8(10,6-9)7-3-2-4-11-5-7/h7,10H,2-6,9H2,1H3. The summed E-state index contributed by atoms with van der Waals surface area (Å²) in [5, 5.41) is 9.74. The number of nitrogens with two attached hydrogens (primary N) is 1. The zero-order valence-electron chi connectivity index (χ0n) is 7.05. The summed E-state index contributed by atoms with van der Waals surface area (Å²) in [6, 6.07) is 0. The average Bonchev–Trinajstić information content (AvgIpc) is 2.06. The van der Waals surface area contributed by atoms with E-state index in [9.17, 15) is 5.11 Å². The molecule has 3 N–H and O–H groups in total. The maximum atomic E-state index is 9.74. The van der Waals surface area contributed by atoms with Crippen LogP contribution >= 0.6 is 0 Å². The van der Waals surface area contributed by atoms with E-state index in [-0.39, 0.29) is 5.92 Å². The van der Waals surface area contributed by atoms with Crippen LogP contribution in [0.25, 0.3) is 0 Å². The molecule has 3 heteroatoms. The molecule has 66 valence electrons. The van der Waals surface area contributed by atoms with E-state index in [4.69, 9.17) is 10.5 Å². The molecule has 1 heterocycles. The Morgan fingerprint density at radius 2 is 2.45 bits per heavy atom. The molecule has 2 unspecified atom stereocenters. The third-order valence-corrected chi connectivity index (χ3v) is 2.45. The molecule has 0 aliphatic carbocycles. The van der Waals surface area contributed by atoms with E-state index in [1.807, 2.05) is 0 Å². The number of hydrogen-bond acceptors (Lipinski definition) is 3. The van der Waals surface area contributed by atoms with Crippen molar-refractivity contribution in [3.05, 3.63) is 0 Å². The largest absolute Gasteiger partial charge is 0.388 e. The van der Waals surface area contributed by atoms with Crippen molar-refractivity contribution in [1.29, 1.82) is 0 Å². The quantitative estimate of drug-likeness (QED) is 0.602. The molecule has 0 aromatic rings. The summed E-state index contributed by atoms with van der Waals surface area (Å²) in [4.78, 5) is 0. The minimum atomic E-state index is -0.736. The highest BCUT2D eigenvalue weighted by atomic mass is 16.5. The van der Waals surface area contributed by atoms with E-state index in [0.717, 1.165) is 19.4 Å². The van der Waals surface area contributed by atoms with E-state index in [1.165, 1.54) is 0 Å². The lowest BCUT2D eigenvalue weighted by Crippen LogP contribution is -2.45. The van der Waals surface area contributed by atoms with Gasteiger partial charge in [0.2, 0.25) is 0 Å². The van der Waals surface area contributed by atoms with Crippen LogP contribution in [0.4, 0.5) is 0 Å². The lowest BCUT2D eigenvalue weighted by atomic mass is 9.85. The van der Waals surface area contributed by atoms with Gasteiger partial charge in [-0.25, -0.2) is 0 Å². The van der Waals surface area contributed by atoms with Gasteiger partial charge in [0.1, 0.15) is 0 Å². The average molecular weight is 159 g/mol. The molecule has 2 atom stereocenters. The van der Waals surface area contributed by atoms with Gasteiger partial charge in [0.15, 0.2) is 0 Å². The van der Waals surface area contributed by atoms with Crippen molar-refractivity contribution in [1.82, 2.24) is 0 Å². The van der Waals surface area contributed by atoms with Crippen LogP contribution in [-0.2, 0) is 4.74 Å². The predicted molar refractivity (Wildman–Crippen MR) is 43.2 cm³/mol. The van der Waals surface area contributed by atoms with Gasteiger partial charge < -0.3 is 15.6 Å². The van der Waals surface area contributed by atoms with Crippen LogP contribution in [0.5, 0.6) is 0 Å². The molecule has 1 saturated heterocycles. The van der Waals surface area contributed by atoms with E-state index < -0.39 is 5.60 Å². The highest BCUT2D eigenvalue weighted by Gasteiger charge is 2.31. The summed E-state index contributed by atoms with van der Waals surface area (Å²) >= 11 is 0. The number of hydrogen-bond donors (Lipinski definition) is 2. The van der Waals surface area contributed by atoms with Crippen molar-refractivity contribution in [3.8, 4) is 0 Å². The maximum Gasteiger partial charge on any atom is 0.0791 e. The zero-order chi connectivity index (χ0) is 8.32. The molecule has 0 saturated carbocycles. The molecular formula is C8H17NO2. The van der Waals surface area contributed by atoms with E-state index in [1.54, 1.807) is 6.92 Å². The first-order valence-corrected chi connectivity index (χ1v) is 4.17. The van der Waals surface area contributed by atoms with E-state index in [2.05, 4.69) is 0 Å². The second-order valence-corrected chi connectivity index (χ2v) is 3.48. The number of aliphatic hydroxyl groups is 1. The summed E-state index contributed by atoms with van der Waals surface area (Å²) in [6.45, 7) is 3.59. The maximum absolute atomic E-state index is 9.74. The highest BCUT2D eigenvalue weighted by Crippen LogP contribution is 2.24. The fourth-order valence-corrected chi connectivity index (χ4v) is 1.40. The van der Waals surface area contributed by atoms with Gasteiger partial charge in [0.25, 0.3) is 0 Å². The molecule has 0 aromatic heterocycles. The molecular weight excluding hydrogens is 142 g/mol. The topological polar surface area (TPSA) is 55.5 Å². The van der Waals surface area contributed by atoms with Crippen molar-refractivity contribution in [3.63, 3.8) is 0 Å². The fraction of sp³-hybridized carbons (Fsp3) is 1.00. The van der Waals surface area contributed by atoms with Crippen LogP contribution in [0.1, 0.15) is 19.8 Å². The minimum absolute atomic E-state index is 0.223. The first kappa shape index (κ1) is 8.97. The second kappa shape index (κ2) is 3.52. The lowest BCUT2D eigenvalue weighted by molar-refractivity contribution is -0.0620. The summed E-state index contributed by atoms with van der Waals surface area (Å²) in [7, 11) is 0. The molecule has 3 nitrogen and oxygen atoms in total. The SMILES string of the molecule is CC(O)(CN)C1CCCOC1. The molecule has 0 amide bonds. The van der Waals surface area contributed by atoms with Crippen LogP contribution < -0.4 is 5.73 Å². The van der Waals surface area contributed by atoms with Crippen LogP contribution in [-0.4, -0.2) is 30.5 Å². The summed E-state index contributed by atoms with van der Waals surface area (Å²) < 4.78 is 5.25. The Kier molecular flexibility index (Phi) is 2.87. The van der Waals surface area contributed by atoms with Crippen molar-refractivity contribution in [2.24, 2.45) is 11.7 Å². The smallest absolute Gasteiger partial charge is 0.0791 e. The lowest BCUT2D eigenvalue weighted by Gasteiger charge is -2.34. The van der Waals surface area contributed by atoms with Crippen molar-refractivity contribution >= 4 is 0 Å². The normalized spacial score (nSPS) is 31.4. The second-order valence-electron chi connectivity index (χ2n) is 3.48. The van der Waals surface area contributed by atoms with Crippen LogP contribution in [0.15, 0.2) is 0 Å². The molecule has 1 fully saturated rings. The van der Waals surface area contributed by atoms with Gasteiger partial charge in [0, 0.05) is 19.1 Å². The number of rotatable bonds is 2. The molecule has 0 aromatic carbocycles. The molecule has 0 bridgehead atoms. The van der Waals surface area contributed by atoms with Crippen LogP contribution in [0, 0.1) is 5.92 Å². The monoisotopic (exact) mass is 159 g/mol. The Morgan fingerprint density at radius 3 is 2.91 bits per heavy atom. The third-order valence-electron chi connectivity index (χ3n) is 2.45. The Morgan fingerprint density at radius 1 is 1.73 bits per heavy atom. The summed E-state index contributed by atoms with van der Waals surface area (Å²) in [6.07, 6.45) is 2.07. The van der Waals surface area contributed by atoms with Gasteiger partial charge in [0.05, 0.1) is 12.2 Å². The van der Waals surface area contributed by atoms with Crippen molar-refractivity contribution in [2.45, 2.75) is 25.4 Å². The van der Waals surface area contributed by atoms with Gasteiger partial charge in [-0.15, -0.1) is 0 Å². The Labute approximate surface area is 67.5 Å². The van der Waals surface area contributed by atoms with Gasteiger partial charge in [-0.05, 0) is 19.8 Å². The Hall–Kier alpha value is -0.120. The zero-order valence-corrected chi connectivity index (χ0v) is 7.05. The minimum Gasteiger partial charge on any atom is -0.388 e. The van der Waals surface area contributed by atoms with Gasteiger partial charge >= 0.3 is 0 Å². The van der Waals surface area contributed by atoms with E-state index in [0.29, 0.717) is 13.2 Å². The van der Waals surface area contributed by atoms with Crippen molar-refractivity contribution in [2.75, 3.05) is 19.8 Å². The molecule has 1 rings (SSSR count). The first-order chi connectivity index (χ1) is 5.17. The predicted octanol–water partition coefficient (Wildman–Crippen LogP) is 0.123. The summed E-state index contributed by atoms with van der Waals surface area (Å²) in [5.41, 5.74) is 4.70. The molecule has 11 heavy (non-hydrogen) atoms. The third kappa shape index (κ3) is 2.15. The molecule has 0 radical (unpaired) electrons. The Balaban J connectivity index is 2.43. The molecule has 0 spiro atoms. The fourth-order valence-electron chi connectivity index (χ4n) is 1.40. The van der Waals surface area contributed by atoms with Gasteiger partial charge in [-0.3, -0.25) is 0 Å². The highest BCUT2D eigenvalue weighted by molar-refractivity contribution is 4.84. The van der Waals surface area contributed by atoms with Crippen LogP contribution in [0.3, 0.4) is 0 Å².